The summed E-state index contributed by atoms with van der Waals surface area (Å²) in [5.74, 6) is 0. The minimum atomic E-state index is 0.245. The highest BCUT2D eigenvalue weighted by atomic mass is 32.2. The Bertz CT molecular complexity index is 648. The van der Waals surface area contributed by atoms with Crippen molar-refractivity contribution in [2.24, 2.45) is 0 Å². The fourth-order valence-corrected chi connectivity index (χ4v) is 4.58. The van der Waals surface area contributed by atoms with Crippen molar-refractivity contribution in [3.8, 4) is 0 Å². The van der Waals surface area contributed by atoms with Crippen molar-refractivity contribution in [1.29, 1.82) is 0 Å². The van der Waals surface area contributed by atoms with Crippen LogP contribution in [0.15, 0.2) is 92.4 Å². The third kappa shape index (κ3) is 9.65. The first-order chi connectivity index (χ1) is 13.8. The van der Waals surface area contributed by atoms with Gasteiger partial charge in [0.05, 0.1) is 0 Å². The van der Waals surface area contributed by atoms with Crippen LogP contribution in [-0.2, 0) is 0 Å². The minimum Gasteiger partial charge on any atom is -0.396 e. The molecule has 2 N–H and O–H groups in total. The van der Waals surface area contributed by atoms with Crippen LogP contribution >= 0.6 is 23.5 Å². The molecule has 2 nitrogen and oxygen atoms in total. The summed E-state index contributed by atoms with van der Waals surface area (Å²) in [6, 6.07) is 20.9. The lowest BCUT2D eigenvalue weighted by Crippen LogP contribution is -1.87. The molecule has 2 aromatic carbocycles. The van der Waals surface area contributed by atoms with Gasteiger partial charge in [-0.05, 0) is 72.6 Å². The van der Waals surface area contributed by atoms with Gasteiger partial charge in [-0.25, -0.2) is 0 Å². The van der Waals surface area contributed by atoms with E-state index in [4.69, 9.17) is 10.2 Å². The highest BCUT2D eigenvalue weighted by Crippen LogP contribution is 2.33. The maximum Gasteiger partial charge on any atom is 0.0431 e. The van der Waals surface area contributed by atoms with E-state index in [1.165, 1.54) is 19.6 Å². The van der Waals surface area contributed by atoms with Crippen molar-refractivity contribution in [2.45, 2.75) is 48.3 Å². The zero-order valence-electron chi connectivity index (χ0n) is 16.3. The summed E-state index contributed by atoms with van der Waals surface area (Å²) >= 11 is 3.60. The summed E-state index contributed by atoms with van der Waals surface area (Å²) < 4.78 is 0. The van der Waals surface area contributed by atoms with Crippen molar-refractivity contribution >= 4 is 23.5 Å². The van der Waals surface area contributed by atoms with E-state index in [2.05, 4.69) is 60.7 Å². The topological polar surface area (TPSA) is 40.5 Å². The van der Waals surface area contributed by atoms with Crippen LogP contribution in [-0.4, -0.2) is 23.4 Å². The predicted octanol–water partition coefficient (Wildman–Crippen LogP) is 6.66. The molecule has 4 heteroatoms. The van der Waals surface area contributed by atoms with E-state index in [1.807, 2.05) is 12.1 Å². The van der Waals surface area contributed by atoms with Crippen molar-refractivity contribution in [1.82, 2.24) is 0 Å². The Labute approximate surface area is 177 Å². The zero-order valence-corrected chi connectivity index (χ0v) is 17.9. The number of hydrogen-bond acceptors (Lipinski definition) is 4. The van der Waals surface area contributed by atoms with Crippen LogP contribution in [0.5, 0.6) is 0 Å². The molecule has 0 bridgehead atoms. The molecule has 0 aliphatic rings. The van der Waals surface area contributed by atoms with Gasteiger partial charge >= 0.3 is 0 Å². The van der Waals surface area contributed by atoms with Gasteiger partial charge in [-0.2, -0.15) is 0 Å². The van der Waals surface area contributed by atoms with Crippen molar-refractivity contribution in [3.63, 3.8) is 0 Å². The molecule has 2 aromatic rings. The summed E-state index contributed by atoms with van der Waals surface area (Å²) in [6.07, 6.45) is 10.0. The molecule has 0 aromatic heterocycles. The monoisotopic (exact) mass is 414 g/mol. The van der Waals surface area contributed by atoms with Crippen LogP contribution in [0.4, 0.5) is 0 Å². The van der Waals surface area contributed by atoms with Crippen molar-refractivity contribution < 1.29 is 10.2 Å². The molecule has 0 aliphatic heterocycles. The Morgan fingerprint density at radius 3 is 1.36 bits per heavy atom. The number of hydrogen-bond donors (Lipinski definition) is 2. The second-order valence-corrected chi connectivity index (χ2v) is 8.86. The third-order valence-electron chi connectivity index (χ3n) is 4.10. The summed E-state index contributed by atoms with van der Waals surface area (Å²) in [5, 5.41) is 18.2. The number of unbranched alkanes of at least 4 members (excludes halogenated alkanes) is 2. The van der Waals surface area contributed by atoms with E-state index in [0.717, 1.165) is 38.5 Å². The average molecular weight is 415 g/mol. The highest BCUT2D eigenvalue weighted by Gasteiger charge is 2.04. The van der Waals surface area contributed by atoms with E-state index in [-0.39, 0.29) is 13.2 Å². The standard InChI is InChI=1S/C24H30O2S2/c25-19-9-7-15-23(27-21-11-3-1-4-12-21)17-18-24(16-8-10-20-26)28-22-13-5-2-6-14-22/h1-6,11-14,17-18,25-26H,7-10,15-16,19-20H2/b23-17-,24-18-. The number of aliphatic hydroxyl groups excluding tert-OH is 2. The van der Waals surface area contributed by atoms with E-state index in [0.29, 0.717) is 0 Å². The fourth-order valence-electron chi connectivity index (χ4n) is 2.62. The maximum absolute atomic E-state index is 9.11. The summed E-state index contributed by atoms with van der Waals surface area (Å²) in [6.45, 7) is 0.491. The van der Waals surface area contributed by atoms with Crippen LogP contribution in [0.25, 0.3) is 0 Å². The molecule has 28 heavy (non-hydrogen) atoms. The van der Waals surface area contributed by atoms with Gasteiger partial charge in [-0.3, -0.25) is 0 Å². The molecule has 0 spiro atoms. The Balaban J connectivity index is 2.14. The van der Waals surface area contributed by atoms with Crippen LogP contribution in [0.3, 0.4) is 0 Å². The van der Waals surface area contributed by atoms with Crippen LogP contribution in [0.2, 0.25) is 0 Å². The molecule has 0 fully saturated rings. The second kappa shape index (κ2) is 14.5. The number of allylic oxidation sites excluding steroid dienone is 4. The zero-order chi connectivity index (χ0) is 19.9. The lowest BCUT2D eigenvalue weighted by atomic mass is 10.2. The van der Waals surface area contributed by atoms with Gasteiger partial charge in [0.25, 0.3) is 0 Å². The van der Waals surface area contributed by atoms with E-state index < -0.39 is 0 Å². The van der Waals surface area contributed by atoms with E-state index in [1.54, 1.807) is 23.5 Å². The Hall–Kier alpha value is -1.46. The van der Waals surface area contributed by atoms with Crippen molar-refractivity contribution in [2.75, 3.05) is 13.2 Å². The first kappa shape index (κ1) is 22.8. The molecule has 0 radical (unpaired) electrons. The minimum absolute atomic E-state index is 0.245. The fraction of sp³-hybridized carbons (Fsp3) is 0.333. The van der Waals surface area contributed by atoms with Gasteiger partial charge in [0, 0.05) is 23.0 Å². The number of rotatable bonds is 13. The number of thioether (sulfide) groups is 2. The summed E-state index contributed by atoms with van der Waals surface area (Å²) in [4.78, 5) is 5.10. The predicted molar refractivity (Wildman–Crippen MR) is 123 cm³/mol. The third-order valence-corrected chi connectivity index (χ3v) is 6.32. The summed E-state index contributed by atoms with van der Waals surface area (Å²) in [5.41, 5.74) is 0. The van der Waals surface area contributed by atoms with Gasteiger partial charge in [-0.1, -0.05) is 72.1 Å². The lowest BCUT2D eigenvalue weighted by Gasteiger charge is -2.09. The van der Waals surface area contributed by atoms with Gasteiger partial charge in [0.15, 0.2) is 0 Å². The van der Waals surface area contributed by atoms with E-state index in [9.17, 15) is 0 Å². The Morgan fingerprint density at radius 1 is 0.607 bits per heavy atom. The number of aliphatic hydroxyl groups is 2. The Morgan fingerprint density at radius 2 is 1.00 bits per heavy atom. The second-order valence-electron chi connectivity index (χ2n) is 6.46. The van der Waals surface area contributed by atoms with Gasteiger partial charge in [0.1, 0.15) is 0 Å². The summed E-state index contributed by atoms with van der Waals surface area (Å²) in [7, 11) is 0. The molecule has 0 unspecified atom stereocenters. The molecule has 0 atom stereocenters. The first-order valence-corrected chi connectivity index (χ1v) is 11.5. The van der Waals surface area contributed by atoms with Crippen LogP contribution in [0, 0.1) is 0 Å². The molecule has 2 rings (SSSR count). The number of benzene rings is 2. The maximum atomic E-state index is 9.11. The molecule has 0 saturated heterocycles. The molecule has 0 heterocycles. The van der Waals surface area contributed by atoms with E-state index >= 15 is 0 Å². The lowest BCUT2D eigenvalue weighted by molar-refractivity contribution is 0.284. The highest BCUT2D eigenvalue weighted by molar-refractivity contribution is 8.03. The Kier molecular flexibility index (Phi) is 11.8. The first-order valence-electron chi connectivity index (χ1n) is 9.89. The smallest absolute Gasteiger partial charge is 0.0431 e. The van der Waals surface area contributed by atoms with Crippen molar-refractivity contribution in [3.05, 3.63) is 82.6 Å². The molecule has 0 saturated carbocycles. The van der Waals surface area contributed by atoms with Gasteiger partial charge in [-0.15, -0.1) is 0 Å². The van der Waals surface area contributed by atoms with Crippen LogP contribution < -0.4 is 0 Å². The molecule has 0 amide bonds. The van der Waals surface area contributed by atoms with Gasteiger partial charge in [0.2, 0.25) is 0 Å². The van der Waals surface area contributed by atoms with Gasteiger partial charge < -0.3 is 10.2 Å². The SMILES string of the molecule is OCCCC/C(=C/C=C(/CCCCO)Sc1ccccc1)Sc1ccccc1. The quantitative estimate of drug-likeness (QED) is 0.218. The largest absolute Gasteiger partial charge is 0.396 e. The normalized spacial score (nSPS) is 12.4. The average Bonchev–Trinajstić information content (AvgIpc) is 2.73. The molecular formula is C24H30O2S2. The molecular weight excluding hydrogens is 384 g/mol. The molecule has 0 aliphatic carbocycles. The molecule has 150 valence electrons. The van der Waals surface area contributed by atoms with Crippen LogP contribution in [0.1, 0.15) is 38.5 Å².